The van der Waals surface area contributed by atoms with Crippen LogP contribution in [-0.2, 0) is 28.4 Å². The van der Waals surface area contributed by atoms with Gasteiger partial charge in [-0.25, -0.2) is 0 Å². The highest BCUT2D eigenvalue weighted by Crippen LogP contribution is 2.32. The van der Waals surface area contributed by atoms with E-state index in [0.717, 1.165) is 0 Å². The summed E-state index contributed by atoms with van der Waals surface area (Å²) < 4.78 is 31.8. The van der Waals surface area contributed by atoms with Gasteiger partial charge in [0.2, 0.25) is 0 Å². The maximum Gasteiger partial charge on any atom is 0.187 e. The quantitative estimate of drug-likeness (QED) is 0.143. The Hall–Kier alpha value is -0.640. The number of rotatable bonds is 8. The zero-order chi connectivity index (χ0) is 26.0. The normalized spacial score (nSPS) is 51.3. The van der Waals surface area contributed by atoms with Crippen molar-refractivity contribution in [2.24, 2.45) is 0 Å². The van der Waals surface area contributed by atoms with Gasteiger partial charge < -0.3 is 79.5 Å². The fourth-order valence-corrected chi connectivity index (χ4v) is 4.22. The first-order chi connectivity index (χ1) is 16.6. The van der Waals surface area contributed by atoms with Gasteiger partial charge in [0, 0.05) is 7.11 Å². The summed E-state index contributed by atoms with van der Waals surface area (Å²) in [7, 11) is 1.20. The Morgan fingerprint density at radius 3 is 1.29 bits per heavy atom. The SMILES string of the molecule is COC1OC(CO)C(O)C(OC2OC(CO)C(O)C(OC3OC(CO)C(O)C(O)C3O)C2O)C1O. The summed E-state index contributed by atoms with van der Waals surface area (Å²) in [5.41, 5.74) is 0. The average molecular weight is 518 g/mol. The van der Waals surface area contributed by atoms with E-state index < -0.39 is 112 Å². The van der Waals surface area contributed by atoms with Gasteiger partial charge in [-0.2, -0.15) is 0 Å². The molecule has 10 N–H and O–H groups in total. The molecule has 3 aliphatic heterocycles. The van der Waals surface area contributed by atoms with Crippen molar-refractivity contribution in [2.75, 3.05) is 26.9 Å². The molecule has 206 valence electrons. The molecule has 0 aliphatic carbocycles. The van der Waals surface area contributed by atoms with Crippen LogP contribution in [0.2, 0.25) is 0 Å². The van der Waals surface area contributed by atoms with E-state index in [4.69, 9.17) is 28.4 Å². The Balaban J connectivity index is 1.79. The van der Waals surface area contributed by atoms with Crippen molar-refractivity contribution in [3.05, 3.63) is 0 Å². The number of hydrogen-bond donors (Lipinski definition) is 10. The van der Waals surface area contributed by atoms with E-state index >= 15 is 0 Å². The van der Waals surface area contributed by atoms with E-state index in [-0.39, 0.29) is 0 Å². The number of methoxy groups -OCH3 is 1. The molecule has 0 aromatic rings. The van der Waals surface area contributed by atoms with Crippen molar-refractivity contribution in [3.63, 3.8) is 0 Å². The third-order valence-electron chi connectivity index (χ3n) is 6.31. The first-order valence-electron chi connectivity index (χ1n) is 11.0. The molecule has 3 rings (SSSR count). The highest BCUT2D eigenvalue weighted by atomic mass is 16.8. The van der Waals surface area contributed by atoms with Crippen molar-refractivity contribution in [3.8, 4) is 0 Å². The van der Waals surface area contributed by atoms with Gasteiger partial charge in [0.1, 0.15) is 73.2 Å². The van der Waals surface area contributed by atoms with Crippen molar-refractivity contribution in [1.29, 1.82) is 0 Å². The molecule has 15 unspecified atom stereocenters. The molecule has 35 heavy (non-hydrogen) atoms. The Morgan fingerprint density at radius 2 is 0.857 bits per heavy atom. The molecule has 0 radical (unpaired) electrons. The van der Waals surface area contributed by atoms with Crippen LogP contribution in [0, 0.1) is 0 Å². The molecule has 3 saturated heterocycles. The highest BCUT2D eigenvalue weighted by Gasteiger charge is 2.53. The fraction of sp³-hybridized carbons (Fsp3) is 1.00. The Labute approximate surface area is 199 Å². The van der Waals surface area contributed by atoms with Gasteiger partial charge in [-0.3, -0.25) is 0 Å². The predicted octanol–water partition coefficient (Wildman–Crippen LogP) is -6.92. The Bertz CT molecular complexity index is 638. The molecule has 16 heteroatoms. The summed E-state index contributed by atoms with van der Waals surface area (Å²) in [6.07, 6.45) is -24.1. The molecular weight excluding hydrogens is 484 g/mol. The van der Waals surface area contributed by atoms with Crippen molar-refractivity contribution in [1.82, 2.24) is 0 Å². The summed E-state index contributed by atoms with van der Waals surface area (Å²) in [5, 5.41) is 101. The number of aliphatic hydroxyl groups excluding tert-OH is 10. The number of hydrogen-bond acceptors (Lipinski definition) is 16. The minimum atomic E-state index is -1.88. The standard InChI is InChI=1S/C19H34O16/c1-30-17-13(28)15(9(24)6(3-21)31-17)35-19-14(29)16(10(25)7(4-22)33-19)34-18-12(27)11(26)8(23)5(2-20)32-18/h5-29H,2-4H2,1H3. The van der Waals surface area contributed by atoms with Crippen molar-refractivity contribution in [2.45, 2.75) is 92.1 Å². The van der Waals surface area contributed by atoms with Gasteiger partial charge >= 0.3 is 0 Å². The molecule has 0 saturated carbocycles. The van der Waals surface area contributed by atoms with Crippen LogP contribution in [0.25, 0.3) is 0 Å². The first-order valence-corrected chi connectivity index (χ1v) is 11.0. The van der Waals surface area contributed by atoms with Crippen LogP contribution in [-0.4, -0.2) is 170 Å². The second-order valence-electron chi connectivity index (χ2n) is 8.55. The van der Waals surface area contributed by atoms with Crippen LogP contribution in [0.15, 0.2) is 0 Å². The lowest BCUT2D eigenvalue weighted by atomic mass is 9.96. The minimum Gasteiger partial charge on any atom is -0.394 e. The first kappa shape index (κ1) is 28.9. The topological polar surface area (TPSA) is 258 Å². The van der Waals surface area contributed by atoms with E-state index in [9.17, 15) is 51.1 Å². The average Bonchev–Trinajstić information content (AvgIpc) is 2.85. The molecule has 0 bridgehead atoms. The maximum absolute atomic E-state index is 10.8. The van der Waals surface area contributed by atoms with E-state index in [1.807, 2.05) is 0 Å². The molecule has 3 aliphatic rings. The second kappa shape index (κ2) is 12.3. The van der Waals surface area contributed by atoms with Gasteiger partial charge in [0.25, 0.3) is 0 Å². The molecule has 15 atom stereocenters. The summed E-state index contributed by atoms with van der Waals surface area (Å²) in [6.45, 7) is -2.20. The number of aliphatic hydroxyl groups is 10. The van der Waals surface area contributed by atoms with Gasteiger partial charge in [-0.05, 0) is 0 Å². The molecule has 3 fully saturated rings. The number of ether oxygens (including phenoxy) is 6. The van der Waals surface area contributed by atoms with Crippen LogP contribution >= 0.6 is 0 Å². The predicted molar refractivity (Wildman–Crippen MR) is 106 cm³/mol. The summed E-state index contributed by atoms with van der Waals surface area (Å²) in [4.78, 5) is 0. The molecule has 0 amide bonds. The molecular formula is C19H34O16. The van der Waals surface area contributed by atoms with Crippen LogP contribution in [0.5, 0.6) is 0 Å². The van der Waals surface area contributed by atoms with Crippen LogP contribution in [0.4, 0.5) is 0 Å². The van der Waals surface area contributed by atoms with E-state index in [0.29, 0.717) is 0 Å². The fourth-order valence-electron chi connectivity index (χ4n) is 4.22. The smallest absolute Gasteiger partial charge is 0.187 e. The maximum atomic E-state index is 10.8. The zero-order valence-electron chi connectivity index (χ0n) is 18.7. The third-order valence-corrected chi connectivity index (χ3v) is 6.31. The summed E-state index contributed by atoms with van der Waals surface area (Å²) >= 11 is 0. The lowest BCUT2D eigenvalue weighted by Crippen LogP contribution is -2.66. The summed E-state index contributed by atoms with van der Waals surface area (Å²) in [5.74, 6) is 0. The van der Waals surface area contributed by atoms with Gasteiger partial charge in [0.05, 0.1) is 19.8 Å². The largest absolute Gasteiger partial charge is 0.394 e. The molecule has 3 heterocycles. The lowest BCUT2D eigenvalue weighted by Gasteiger charge is -2.48. The minimum absolute atomic E-state index is 0.664. The monoisotopic (exact) mass is 518 g/mol. The van der Waals surface area contributed by atoms with Crippen LogP contribution in [0.3, 0.4) is 0 Å². The molecule has 0 aromatic heterocycles. The van der Waals surface area contributed by atoms with E-state index in [2.05, 4.69) is 0 Å². The highest BCUT2D eigenvalue weighted by molar-refractivity contribution is 4.96. The molecule has 0 aromatic carbocycles. The van der Waals surface area contributed by atoms with Gasteiger partial charge in [0.15, 0.2) is 18.9 Å². The lowest BCUT2D eigenvalue weighted by molar-refractivity contribution is -0.380. The van der Waals surface area contributed by atoms with E-state index in [1.165, 1.54) is 7.11 Å². The van der Waals surface area contributed by atoms with Crippen LogP contribution < -0.4 is 0 Å². The van der Waals surface area contributed by atoms with E-state index in [1.54, 1.807) is 0 Å². The summed E-state index contributed by atoms with van der Waals surface area (Å²) in [6, 6.07) is 0. The zero-order valence-corrected chi connectivity index (χ0v) is 18.7. The third kappa shape index (κ3) is 5.78. The molecule has 0 spiro atoms. The Morgan fingerprint density at radius 1 is 0.486 bits per heavy atom. The van der Waals surface area contributed by atoms with Crippen molar-refractivity contribution >= 4 is 0 Å². The van der Waals surface area contributed by atoms with Crippen LogP contribution in [0.1, 0.15) is 0 Å². The Kier molecular flexibility index (Phi) is 10.1. The van der Waals surface area contributed by atoms with Gasteiger partial charge in [-0.1, -0.05) is 0 Å². The molecule has 16 nitrogen and oxygen atoms in total. The van der Waals surface area contributed by atoms with Crippen molar-refractivity contribution < 1.29 is 79.5 Å². The second-order valence-corrected chi connectivity index (χ2v) is 8.55. The van der Waals surface area contributed by atoms with Gasteiger partial charge in [-0.15, -0.1) is 0 Å².